The maximum absolute atomic E-state index is 12.5. The molecule has 1 amide bonds. The lowest BCUT2D eigenvalue weighted by atomic mass is 9.82. The number of aryl methyl sites for hydroxylation is 1. The zero-order valence-electron chi connectivity index (χ0n) is 13.4. The molecule has 1 heterocycles. The van der Waals surface area contributed by atoms with Crippen LogP contribution in [0, 0.1) is 5.41 Å². The lowest BCUT2D eigenvalue weighted by molar-refractivity contribution is -0.150. The van der Waals surface area contributed by atoms with Crippen molar-refractivity contribution in [1.29, 1.82) is 0 Å². The molecule has 2 rings (SSSR count). The first-order valence-corrected chi connectivity index (χ1v) is 7.79. The molecule has 132 valence electrons. The lowest BCUT2D eigenvalue weighted by Gasteiger charge is -2.37. The molecule has 1 aromatic rings. The van der Waals surface area contributed by atoms with Gasteiger partial charge < -0.3 is 10.0 Å². The molecular weight excluding hydrogens is 323 g/mol. The molecule has 24 heavy (non-hydrogen) atoms. The fourth-order valence-corrected chi connectivity index (χ4v) is 2.87. The molecule has 1 unspecified atom stereocenters. The molecule has 0 saturated carbocycles. The second-order valence-electron chi connectivity index (χ2n) is 6.51. The van der Waals surface area contributed by atoms with Gasteiger partial charge in [-0.25, -0.2) is 0 Å². The van der Waals surface area contributed by atoms with E-state index in [1.807, 2.05) is 0 Å². The maximum atomic E-state index is 12.5. The van der Waals surface area contributed by atoms with Crippen LogP contribution in [0.25, 0.3) is 0 Å². The summed E-state index contributed by atoms with van der Waals surface area (Å²) in [6.07, 6.45) is -4.10. The molecule has 0 aliphatic carbocycles. The minimum Gasteiger partial charge on any atom is -0.481 e. The summed E-state index contributed by atoms with van der Waals surface area (Å²) in [4.78, 5) is 25.3. The van der Waals surface area contributed by atoms with Crippen LogP contribution in [-0.2, 0) is 11.2 Å². The van der Waals surface area contributed by atoms with Crippen LogP contribution in [0.4, 0.5) is 13.2 Å². The van der Waals surface area contributed by atoms with Gasteiger partial charge >= 0.3 is 12.1 Å². The molecule has 0 aromatic heterocycles. The first-order chi connectivity index (χ1) is 11.1. The number of rotatable bonds is 4. The van der Waals surface area contributed by atoms with Gasteiger partial charge in [-0.15, -0.1) is 0 Å². The summed E-state index contributed by atoms with van der Waals surface area (Å²) in [6.45, 7) is 2.24. The van der Waals surface area contributed by atoms with E-state index in [9.17, 15) is 27.9 Å². The van der Waals surface area contributed by atoms with Gasteiger partial charge in [0.05, 0.1) is 5.41 Å². The Hall–Kier alpha value is -2.05. The summed E-state index contributed by atoms with van der Waals surface area (Å²) in [7, 11) is 0. The number of alkyl halides is 3. The molecule has 0 spiro atoms. The Morgan fingerprint density at radius 2 is 1.88 bits per heavy atom. The second kappa shape index (κ2) is 6.83. The number of halogens is 3. The van der Waals surface area contributed by atoms with Crippen molar-refractivity contribution in [3.63, 3.8) is 0 Å². The molecule has 4 nitrogen and oxygen atoms in total. The summed E-state index contributed by atoms with van der Waals surface area (Å²) in [6, 6.07) is 6.03. The largest absolute Gasteiger partial charge is 0.481 e. The number of benzene rings is 1. The van der Waals surface area contributed by atoms with Crippen molar-refractivity contribution in [1.82, 2.24) is 4.90 Å². The van der Waals surface area contributed by atoms with Gasteiger partial charge in [0.1, 0.15) is 0 Å². The number of piperidine rings is 1. The molecule has 1 saturated heterocycles. The Kier molecular flexibility index (Phi) is 5.20. The van der Waals surface area contributed by atoms with E-state index in [-0.39, 0.29) is 18.9 Å². The SMILES string of the molecule is CC1(C(=O)O)CCCN(C(=O)c2ccc(CCC(F)(F)F)cc2)C1. The van der Waals surface area contributed by atoms with E-state index in [0.29, 0.717) is 30.5 Å². The average Bonchev–Trinajstić information content (AvgIpc) is 2.52. The quantitative estimate of drug-likeness (QED) is 0.910. The Bertz CT molecular complexity index is 613. The zero-order valence-corrected chi connectivity index (χ0v) is 13.4. The van der Waals surface area contributed by atoms with Crippen LogP contribution >= 0.6 is 0 Å². The molecule has 1 fully saturated rings. The van der Waals surface area contributed by atoms with Gasteiger partial charge in [-0.05, 0) is 43.9 Å². The number of aliphatic carboxylic acids is 1. The van der Waals surface area contributed by atoms with E-state index in [0.717, 1.165) is 0 Å². The number of amides is 1. The predicted molar refractivity (Wildman–Crippen MR) is 81.7 cm³/mol. The molecule has 1 atom stereocenters. The third-order valence-corrected chi connectivity index (χ3v) is 4.40. The molecule has 0 bridgehead atoms. The van der Waals surface area contributed by atoms with Gasteiger partial charge in [0.15, 0.2) is 0 Å². The van der Waals surface area contributed by atoms with Gasteiger partial charge in [0.2, 0.25) is 0 Å². The number of carboxylic acids is 1. The van der Waals surface area contributed by atoms with Crippen molar-refractivity contribution in [3.8, 4) is 0 Å². The minimum absolute atomic E-state index is 0.126. The highest BCUT2D eigenvalue weighted by atomic mass is 19.4. The van der Waals surface area contributed by atoms with Gasteiger partial charge in [0.25, 0.3) is 5.91 Å². The summed E-state index contributed by atoms with van der Waals surface area (Å²) < 4.78 is 36.7. The Labute approximate surface area is 138 Å². The monoisotopic (exact) mass is 343 g/mol. The maximum Gasteiger partial charge on any atom is 0.389 e. The third-order valence-electron chi connectivity index (χ3n) is 4.40. The van der Waals surface area contributed by atoms with Crippen LogP contribution in [0.1, 0.15) is 42.1 Å². The normalized spacial score (nSPS) is 21.6. The van der Waals surface area contributed by atoms with Crippen LogP contribution in [0.2, 0.25) is 0 Å². The highest BCUT2D eigenvalue weighted by Gasteiger charge is 2.39. The summed E-state index contributed by atoms with van der Waals surface area (Å²) in [5.74, 6) is -1.22. The molecule has 7 heteroatoms. The molecular formula is C17H20F3NO3. The lowest BCUT2D eigenvalue weighted by Crippen LogP contribution is -2.48. The molecule has 1 N–H and O–H groups in total. The summed E-state index contributed by atoms with van der Waals surface area (Å²) >= 11 is 0. The molecule has 1 aliphatic rings. The van der Waals surface area contributed by atoms with Crippen molar-refractivity contribution in [2.24, 2.45) is 5.41 Å². The van der Waals surface area contributed by atoms with Gasteiger partial charge in [-0.3, -0.25) is 9.59 Å². The van der Waals surface area contributed by atoms with E-state index in [1.165, 1.54) is 29.2 Å². The number of hydrogen-bond acceptors (Lipinski definition) is 2. The van der Waals surface area contributed by atoms with E-state index in [4.69, 9.17) is 0 Å². The number of carboxylic acid groups (broad SMARTS) is 1. The van der Waals surface area contributed by atoms with Crippen LogP contribution < -0.4 is 0 Å². The van der Waals surface area contributed by atoms with Gasteiger partial charge in [-0.2, -0.15) is 13.2 Å². The number of likely N-dealkylation sites (tertiary alicyclic amines) is 1. The first-order valence-electron chi connectivity index (χ1n) is 7.79. The van der Waals surface area contributed by atoms with Gasteiger partial charge in [0, 0.05) is 25.1 Å². The number of nitrogens with zero attached hydrogens (tertiary/aromatic N) is 1. The predicted octanol–water partition coefficient (Wildman–Crippen LogP) is 3.51. The fraction of sp³-hybridized carbons (Fsp3) is 0.529. The van der Waals surface area contributed by atoms with Crippen molar-refractivity contribution >= 4 is 11.9 Å². The number of hydrogen-bond donors (Lipinski definition) is 1. The van der Waals surface area contributed by atoms with Crippen LogP contribution in [0.3, 0.4) is 0 Å². The van der Waals surface area contributed by atoms with Gasteiger partial charge in [-0.1, -0.05) is 12.1 Å². The van der Waals surface area contributed by atoms with Crippen molar-refractivity contribution in [2.75, 3.05) is 13.1 Å². The fourth-order valence-electron chi connectivity index (χ4n) is 2.87. The number of carbonyl (C=O) groups is 2. The highest BCUT2D eigenvalue weighted by Crippen LogP contribution is 2.30. The Morgan fingerprint density at radius 3 is 2.42 bits per heavy atom. The molecule has 0 radical (unpaired) electrons. The molecule has 1 aliphatic heterocycles. The first kappa shape index (κ1) is 18.3. The summed E-state index contributed by atoms with van der Waals surface area (Å²) in [5.41, 5.74) is -0.0844. The van der Waals surface area contributed by atoms with Crippen molar-refractivity contribution in [3.05, 3.63) is 35.4 Å². The summed E-state index contributed by atoms with van der Waals surface area (Å²) in [5, 5.41) is 9.30. The standard InChI is InChI=1S/C17H20F3NO3/c1-16(15(23)24)8-2-10-21(11-16)14(22)13-5-3-12(4-6-13)7-9-17(18,19)20/h3-6H,2,7-11H2,1H3,(H,23,24). The number of carbonyl (C=O) groups excluding carboxylic acids is 1. The van der Waals surface area contributed by atoms with E-state index in [1.54, 1.807) is 6.92 Å². The van der Waals surface area contributed by atoms with E-state index in [2.05, 4.69) is 0 Å². The highest BCUT2D eigenvalue weighted by molar-refractivity contribution is 5.94. The van der Waals surface area contributed by atoms with Crippen LogP contribution in [-0.4, -0.2) is 41.1 Å². The van der Waals surface area contributed by atoms with Crippen molar-refractivity contribution < 1.29 is 27.9 Å². The Morgan fingerprint density at radius 1 is 1.25 bits per heavy atom. The van der Waals surface area contributed by atoms with Crippen molar-refractivity contribution in [2.45, 2.75) is 38.8 Å². The second-order valence-corrected chi connectivity index (χ2v) is 6.51. The van der Waals surface area contributed by atoms with Crippen LogP contribution in [0.15, 0.2) is 24.3 Å². The third kappa shape index (κ3) is 4.49. The van der Waals surface area contributed by atoms with E-state index < -0.39 is 24.0 Å². The molecule has 1 aromatic carbocycles. The minimum atomic E-state index is -4.20. The van der Waals surface area contributed by atoms with E-state index >= 15 is 0 Å². The topological polar surface area (TPSA) is 57.6 Å². The van der Waals surface area contributed by atoms with Crippen LogP contribution in [0.5, 0.6) is 0 Å². The zero-order chi connectivity index (χ0) is 18.0. The average molecular weight is 343 g/mol. The Balaban J connectivity index is 2.03. The smallest absolute Gasteiger partial charge is 0.389 e.